The van der Waals surface area contributed by atoms with Crippen molar-refractivity contribution < 1.29 is 109 Å². The van der Waals surface area contributed by atoms with Gasteiger partial charge < -0.3 is 25.2 Å². The van der Waals surface area contributed by atoms with Crippen molar-refractivity contribution in [3.05, 3.63) is 254 Å². The Balaban J connectivity index is 0.000000434. The smallest absolute Gasteiger partial charge is 0.354 e. The largest absolute Gasteiger partial charge is 0.512 e. The predicted molar refractivity (Wildman–Crippen MR) is 261 cm³/mol. The van der Waals surface area contributed by atoms with Crippen molar-refractivity contribution in [2.75, 3.05) is 0 Å². The van der Waals surface area contributed by atoms with Crippen LogP contribution in [0.3, 0.4) is 0 Å². The maximum Gasteiger partial charge on any atom is 0.354 e. The van der Waals surface area contributed by atoms with Gasteiger partial charge in [0, 0.05) is 141 Å². The van der Waals surface area contributed by atoms with Gasteiger partial charge in [-0.1, -0.05) is 66.2 Å². The van der Waals surface area contributed by atoms with Gasteiger partial charge in [-0.15, -0.1) is 77.7 Å². The molecule has 6 aromatic heterocycles. The summed E-state index contributed by atoms with van der Waals surface area (Å²) in [7, 11) is 0. The van der Waals surface area contributed by atoms with E-state index in [0.29, 0.717) is 5.69 Å². The third kappa shape index (κ3) is 22.9. The quantitative estimate of drug-likeness (QED) is 0.0944. The summed E-state index contributed by atoms with van der Waals surface area (Å²) in [5, 5.41) is 21.9. The normalized spacial score (nSPS) is 9.53. The molecule has 0 bridgehead atoms. The number of allylic oxidation sites excluding steroid dienone is 2. The molecule has 0 aliphatic carbocycles. The molecule has 0 fully saturated rings. The van der Waals surface area contributed by atoms with Gasteiger partial charge >= 0.3 is 5.97 Å². The zero-order valence-electron chi connectivity index (χ0n) is 38.0. The average Bonchev–Trinajstić information content (AvgIpc) is 4.08. The van der Waals surface area contributed by atoms with E-state index >= 15 is 0 Å². The second-order valence-electron chi connectivity index (χ2n) is 13.6. The van der Waals surface area contributed by atoms with Gasteiger partial charge in [-0.3, -0.25) is 18.3 Å². The number of hydrogen-bond donors (Lipinski definition) is 2. The number of carboxylic acids is 1. The number of aromatic carboxylic acids is 1. The van der Waals surface area contributed by atoms with E-state index in [-0.39, 0.29) is 103 Å². The molecule has 0 aliphatic heterocycles. The van der Waals surface area contributed by atoms with E-state index in [1.165, 1.54) is 42.3 Å². The standard InChI is InChI=1S/C13H8NS.C11H6F2N.C11H8N.C9H7N2.C6H5NO2.C5H8O2.4Ir/c1-2-7-12-10(5-1)9-13(15-12)11-6-3-4-8-14-11;12-8-4-5-9(10(13)7-8)11-3-1-2-6-14-11;1-2-6-10(7-3-1)11-8-4-5-9-12-11;1-2-5-9(6-3-1)11-8-4-7-10-11;8-6(9)5-3-1-2-4-7-5;1-4(6)3-5(2)7;;;;/h1-8H;1-4,6-7H;1-6,8-9H;1-5,7-8H;1-4H,(H,8,9);3,6H,1-2H3;;;;/q4*-1;;;;;;. The Morgan fingerprint density at radius 2 is 1.18 bits per heavy atom. The van der Waals surface area contributed by atoms with Gasteiger partial charge in [0.1, 0.15) is 5.69 Å². The monoisotopic (exact) mass is 1690 g/mol. The number of pyridine rings is 4. The van der Waals surface area contributed by atoms with Crippen LogP contribution in [0, 0.1) is 35.9 Å². The molecule has 2 N–H and O–H groups in total. The van der Waals surface area contributed by atoms with Gasteiger partial charge in [0.2, 0.25) is 0 Å². The van der Waals surface area contributed by atoms with E-state index in [0.717, 1.165) is 39.6 Å². The Labute approximate surface area is 474 Å². The number of thiophene rings is 1. The molecule has 0 saturated heterocycles. The van der Waals surface area contributed by atoms with Crippen LogP contribution in [0.5, 0.6) is 0 Å². The number of nitrogens with zero attached hydrogens (tertiary/aromatic N) is 6. The summed E-state index contributed by atoms with van der Waals surface area (Å²) in [4.78, 5) is 37.3. The number of benzene rings is 4. The van der Waals surface area contributed by atoms with E-state index in [4.69, 9.17) is 10.2 Å². The van der Waals surface area contributed by atoms with Crippen molar-refractivity contribution >= 4 is 33.2 Å². The zero-order chi connectivity index (χ0) is 48.4. The number of aromatic nitrogens is 6. The molecule has 17 heteroatoms. The number of aliphatic hydroxyl groups is 1. The molecule has 0 aliphatic rings. The number of para-hydroxylation sites is 1. The minimum atomic E-state index is -0.990. The number of halogens is 2. The molecule has 0 saturated carbocycles. The van der Waals surface area contributed by atoms with E-state index < -0.39 is 17.6 Å². The molecule has 4 aromatic carbocycles. The number of carbonyl (C=O) groups is 2. The van der Waals surface area contributed by atoms with Gasteiger partial charge in [-0.2, -0.15) is 29.4 Å². The van der Waals surface area contributed by atoms with Crippen molar-refractivity contribution in [1.82, 2.24) is 29.7 Å². The Morgan fingerprint density at radius 3 is 1.64 bits per heavy atom. The van der Waals surface area contributed by atoms with Crippen molar-refractivity contribution in [2.45, 2.75) is 13.8 Å². The molecule has 0 unspecified atom stereocenters. The van der Waals surface area contributed by atoms with Crippen LogP contribution in [-0.4, -0.2) is 51.7 Å². The molecule has 0 spiro atoms. The fourth-order valence-electron chi connectivity index (χ4n) is 5.48. The Bertz CT molecular complexity index is 2990. The number of aliphatic hydroxyl groups excluding tert-OH is 1. The van der Waals surface area contributed by atoms with Gasteiger partial charge in [0.05, 0.1) is 5.76 Å². The fourth-order valence-corrected chi connectivity index (χ4v) is 6.46. The molecule has 10 rings (SSSR count). The molecule has 4 radical (unpaired) electrons. The third-order valence-corrected chi connectivity index (χ3v) is 9.50. The Kier molecular flexibility index (Phi) is 31.7. The minimum Gasteiger partial charge on any atom is -0.512 e. The van der Waals surface area contributed by atoms with Gasteiger partial charge in [0.15, 0.2) is 5.78 Å². The van der Waals surface area contributed by atoms with Crippen molar-refractivity contribution in [3.63, 3.8) is 0 Å². The molecular weight excluding hydrogens is 1650 g/mol. The first-order valence-corrected chi connectivity index (χ1v) is 21.4. The Morgan fingerprint density at radius 1 is 0.611 bits per heavy atom. The van der Waals surface area contributed by atoms with Crippen LogP contribution in [0.2, 0.25) is 0 Å². The van der Waals surface area contributed by atoms with Gasteiger partial charge in [-0.05, 0) is 76.9 Å². The van der Waals surface area contributed by atoms with Gasteiger partial charge in [-0.25, -0.2) is 21.1 Å². The average molecular weight is 1690 g/mol. The topological polar surface area (TPSA) is 144 Å². The molecular formula is C55H42F2Ir4N6O4S-4. The van der Waals surface area contributed by atoms with E-state index in [1.807, 2.05) is 109 Å². The van der Waals surface area contributed by atoms with Crippen LogP contribution >= 0.6 is 11.3 Å². The van der Waals surface area contributed by atoms with Crippen LogP contribution in [0.25, 0.3) is 48.9 Å². The fraction of sp³-hybridized carbons (Fsp3) is 0.0364. The predicted octanol–water partition coefficient (Wildman–Crippen LogP) is 12.6. The molecule has 72 heavy (non-hydrogen) atoms. The summed E-state index contributed by atoms with van der Waals surface area (Å²) in [5.41, 5.74) is 4.70. The van der Waals surface area contributed by atoms with Crippen molar-refractivity contribution in [2.24, 2.45) is 0 Å². The van der Waals surface area contributed by atoms with Crippen molar-refractivity contribution in [1.29, 1.82) is 0 Å². The van der Waals surface area contributed by atoms with Crippen LogP contribution in [-0.2, 0) is 85.2 Å². The summed E-state index contributed by atoms with van der Waals surface area (Å²) in [6.45, 7) is 2.85. The van der Waals surface area contributed by atoms with Crippen LogP contribution in [0.1, 0.15) is 24.3 Å². The summed E-state index contributed by atoms with van der Waals surface area (Å²) in [5.74, 6) is -2.34. The SMILES string of the molecule is CC(=O)C=C(C)O.Fc1c[c-]c(-c2ccccn2)c(F)c1.O=C(O)c1ccccn1.[Ir].[Ir].[Ir].[Ir].[c-]1c(-c2ccccn2)sc2ccccc12.[c-]1ccccc1-c1ccccn1.[c-]1ccccc1-n1cccn1. The molecule has 10 aromatic rings. The maximum absolute atomic E-state index is 13.2. The molecule has 10 nitrogen and oxygen atoms in total. The maximum atomic E-state index is 13.2. The van der Waals surface area contributed by atoms with Crippen LogP contribution < -0.4 is 0 Å². The zero-order valence-corrected chi connectivity index (χ0v) is 48.4. The molecule has 0 atom stereocenters. The first kappa shape index (κ1) is 63.8. The molecule has 6 heterocycles. The number of rotatable bonds is 6. The second kappa shape index (κ2) is 35.8. The van der Waals surface area contributed by atoms with Gasteiger partial charge in [0.25, 0.3) is 0 Å². The summed E-state index contributed by atoms with van der Waals surface area (Å²) < 4.78 is 28.8. The Hall–Kier alpha value is -6.21. The number of hydrogen-bond acceptors (Lipinski definition) is 9. The number of carboxylic acid groups (broad SMARTS) is 1. The van der Waals surface area contributed by atoms with E-state index in [9.17, 15) is 18.4 Å². The van der Waals surface area contributed by atoms with Crippen LogP contribution in [0.15, 0.2) is 213 Å². The summed E-state index contributed by atoms with van der Waals surface area (Å²) in [6.07, 6.45) is 11.4. The third-order valence-electron chi connectivity index (χ3n) is 8.41. The number of carbonyl (C=O) groups excluding carboxylic acids is 1. The first-order valence-electron chi connectivity index (χ1n) is 20.5. The summed E-state index contributed by atoms with van der Waals surface area (Å²) in [6, 6.07) is 61.4. The first-order chi connectivity index (χ1) is 33.1. The van der Waals surface area contributed by atoms with Crippen LogP contribution in [0.4, 0.5) is 8.78 Å². The summed E-state index contributed by atoms with van der Waals surface area (Å²) >= 11 is 1.73. The van der Waals surface area contributed by atoms with E-state index in [2.05, 4.69) is 67.5 Å². The molecule has 376 valence electrons. The number of ketones is 1. The molecule has 0 amide bonds. The van der Waals surface area contributed by atoms with Crippen molar-refractivity contribution in [3.8, 4) is 38.8 Å². The minimum absolute atomic E-state index is 0. The van der Waals surface area contributed by atoms with E-state index in [1.54, 1.807) is 64.9 Å². The second-order valence-corrected chi connectivity index (χ2v) is 14.7. The number of fused-ring (bicyclic) bond motifs is 1.